The van der Waals surface area contributed by atoms with Gasteiger partial charge >= 0.3 is 0 Å². The summed E-state index contributed by atoms with van der Waals surface area (Å²) < 4.78 is 35.5. The normalized spacial score (nSPS) is 13.7. The number of nitrogens with zero attached hydrogens (tertiary/aromatic N) is 2. The number of fused-ring (bicyclic) bond motifs is 1. The Morgan fingerprint density at radius 1 is 0.976 bits per heavy atom. The number of hydrogen-bond acceptors (Lipinski definition) is 4. The molecule has 2 heterocycles. The van der Waals surface area contributed by atoms with Gasteiger partial charge in [0.25, 0.3) is 5.91 Å². The van der Waals surface area contributed by atoms with Crippen molar-refractivity contribution in [2.75, 3.05) is 10.6 Å². The van der Waals surface area contributed by atoms with Crippen molar-refractivity contribution in [3.63, 3.8) is 0 Å². The topological polar surface area (TPSA) is 84.7 Å². The molecular weight excluding hydrogens is 526 g/mol. The van der Waals surface area contributed by atoms with Crippen molar-refractivity contribution >= 4 is 34.5 Å². The third-order valence-corrected chi connectivity index (χ3v) is 6.74. The van der Waals surface area contributed by atoms with Crippen LogP contribution in [0, 0.1) is 17.6 Å². The van der Waals surface area contributed by atoms with E-state index in [0.29, 0.717) is 17.2 Å². The molecule has 1 saturated carbocycles. The zero-order chi connectivity index (χ0) is 29.1. The third kappa shape index (κ3) is 6.75. The number of carbonyl (C=O) groups excluding carboxylic acids is 2. The van der Waals surface area contributed by atoms with Crippen molar-refractivity contribution in [1.29, 1.82) is 0 Å². The Kier molecular flexibility index (Phi) is 7.78. The van der Waals surface area contributed by atoms with Crippen molar-refractivity contribution < 1.29 is 23.1 Å². The second-order valence-corrected chi connectivity index (χ2v) is 9.89. The van der Waals surface area contributed by atoms with Gasteiger partial charge in [-0.15, -0.1) is 0 Å². The van der Waals surface area contributed by atoms with Crippen LogP contribution in [0.25, 0.3) is 11.2 Å². The van der Waals surface area contributed by atoms with Gasteiger partial charge in [0.05, 0.1) is 18.1 Å². The quantitative estimate of drug-likeness (QED) is 0.168. The summed E-state index contributed by atoms with van der Waals surface area (Å²) in [7, 11) is 0. The van der Waals surface area contributed by atoms with Gasteiger partial charge in [0, 0.05) is 17.6 Å². The molecule has 9 heteroatoms. The number of rotatable bonds is 9. The van der Waals surface area contributed by atoms with E-state index < -0.39 is 11.7 Å². The molecule has 0 unspecified atom stereocenters. The van der Waals surface area contributed by atoms with Crippen LogP contribution in [0.15, 0.2) is 96.9 Å². The molecule has 0 aliphatic heterocycles. The number of amides is 2. The first-order valence-corrected chi connectivity index (χ1v) is 13.0. The summed E-state index contributed by atoms with van der Waals surface area (Å²) in [5, 5.41) is 5.33. The zero-order valence-corrected chi connectivity index (χ0v) is 22.6. The lowest BCUT2D eigenvalue weighted by Crippen LogP contribution is -2.13. The highest BCUT2D eigenvalue weighted by Crippen LogP contribution is 2.30. The summed E-state index contributed by atoms with van der Waals surface area (Å²) in [4.78, 5) is 29.0. The number of ether oxygens (including phenoxy) is 1. The molecule has 1 fully saturated rings. The standard InChI is InChI=1S/C32H28F2N4O3/c1-19(21(3)22-8-10-24(33)11-9-22)4-5-20(2)31(39)35-28-14-12-25(16-27(28)34)41-26-13-15-30-36-29(18-38(30)17-26)37-32(40)23-6-7-23/h4-5,8-18,23H,2,6-7H2,1,3H3,(H,35,39)(H,37,40)/b5-4-,21-19+. The number of pyridine rings is 1. The number of allylic oxidation sites excluding steroid dienone is 3. The first-order chi connectivity index (χ1) is 19.7. The van der Waals surface area contributed by atoms with Crippen molar-refractivity contribution in [2.24, 2.45) is 5.92 Å². The summed E-state index contributed by atoms with van der Waals surface area (Å²) in [6, 6.07) is 13.7. The predicted octanol–water partition coefficient (Wildman–Crippen LogP) is 7.30. The largest absolute Gasteiger partial charge is 0.456 e. The second kappa shape index (κ2) is 11.6. The minimum Gasteiger partial charge on any atom is -0.456 e. The van der Waals surface area contributed by atoms with E-state index in [2.05, 4.69) is 22.2 Å². The van der Waals surface area contributed by atoms with E-state index in [1.54, 1.807) is 53.2 Å². The van der Waals surface area contributed by atoms with Gasteiger partial charge in [0.1, 0.15) is 28.8 Å². The van der Waals surface area contributed by atoms with Crippen LogP contribution in [-0.2, 0) is 9.59 Å². The van der Waals surface area contributed by atoms with Gasteiger partial charge in [-0.2, -0.15) is 0 Å². The van der Waals surface area contributed by atoms with Crippen LogP contribution in [-0.4, -0.2) is 21.2 Å². The van der Waals surface area contributed by atoms with Crippen molar-refractivity contribution in [3.8, 4) is 11.5 Å². The molecule has 5 rings (SSSR count). The molecule has 0 bridgehead atoms. The second-order valence-electron chi connectivity index (χ2n) is 9.89. The number of benzene rings is 2. The van der Waals surface area contributed by atoms with Crippen molar-refractivity contribution in [3.05, 3.63) is 114 Å². The smallest absolute Gasteiger partial charge is 0.255 e. The molecule has 2 N–H and O–H groups in total. The van der Waals surface area contributed by atoms with Gasteiger partial charge in [-0.25, -0.2) is 13.8 Å². The molecule has 1 aliphatic carbocycles. The molecule has 0 atom stereocenters. The highest BCUT2D eigenvalue weighted by Gasteiger charge is 2.30. The summed E-state index contributed by atoms with van der Waals surface area (Å²) >= 11 is 0. The van der Waals surface area contributed by atoms with E-state index in [4.69, 9.17) is 4.74 Å². The van der Waals surface area contributed by atoms with E-state index in [1.807, 2.05) is 13.8 Å². The molecule has 208 valence electrons. The molecule has 1 aliphatic rings. The van der Waals surface area contributed by atoms with Gasteiger partial charge in [-0.1, -0.05) is 24.8 Å². The van der Waals surface area contributed by atoms with Crippen molar-refractivity contribution in [1.82, 2.24) is 9.38 Å². The summed E-state index contributed by atoms with van der Waals surface area (Å²) in [6.45, 7) is 7.54. The predicted molar refractivity (Wildman–Crippen MR) is 155 cm³/mol. The fourth-order valence-electron chi connectivity index (χ4n) is 4.02. The van der Waals surface area contributed by atoms with Crippen LogP contribution < -0.4 is 15.4 Å². The number of imidazole rings is 1. The summed E-state index contributed by atoms with van der Waals surface area (Å²) in [6.07, 6.45) is 8.44. The Balaban J connectivity index is 1.20. The highest BCUT2D eigenvalue weighted by molar-refractivity contribution is 6.05. The molecule has 2 aromatic heterocycles. The molecule has 4 aromatic rings. The third-order valence-electron chi connectivity index (χ3n) is 6.74. The van der Waals surface area contributed by atoms with E-state index in [1.165, 1.54) is 30.3 Å². The van der Waals surface area contributed by atoms with Crippen LogP contribution in [0.4, 0.5) is 20.3 Å². The van der Waals surface area contributed by atoms with Gasteiger partial charge in [-0.3, -0.25) is 9.59 Å². The number of carbonyl (C=O) groups is 2. The molecule has 0 radical (unpaired) electrons. The molecule has 0 saturated heterocycles. The molecule has 7 nitrogen and oxygen atoms in total. The Morgan fingerprint density at radius 3 is 2.41 bits per heavy atom. The maximum atomic E-state index is 14.8. The number of aromatic nitrogens is 2. The Hall–Kier alpha value is -5.05. The lowest BCUT2D eigenvalue weighted by molar-refractivity contribution is -0.117. The summed E-state index contributed by atoms with van der Waals surface area (Å²) in [5.74, 6) is -0.386. The number of anilines is 2. The van der Waals surface area contributed by atoms with Gasteiger partial charge in [-0.05, 0) is 85.9 Å². The van der Waals surface area contributed by atoms with Gasteiger partial charge < -0.3 is 19.8 Å². The lowest BCUT2D eigenvalue weighted by Gasteiger charge is -2.10. The van der Waals surface area contributed by atoms with E-state index in [9.17, 15) is 18.4 Å². The summed E-state index contributed by atoms with van der Waals surface area (Å²) in [5.41, 5.74) is 3.39. The van der Waals surface area contributed by atoms with Crippen LogP contribution in [0.2, 0.25) is 0 Å². The minimum absolute atomic E-state index is 0.0206. The average molecular weight is 555 g/mol. The number of hydrogen-bond donors (Lipinski definition) is 2. The van der Waals surface area contributed by atoms with Gasteiger partial charge in [0.15, 0.2) is 5.82 Å². The molecular formula is C32H28F2N4O3. The van der Waals surface area contributed by atoms with E-state index in [-0.39, 0.29) is 34.7 Å². The highest BCUT2D eigenvalue weighted by atomic mass is 19.1. The minimum atomic E-state index is -0.676. The first-order valence-electron chi connectivity index (χ1n) is 13.0. The van der Waals surface area contributed by atoms with Crippen LogP contribution in [0.5, 0.6) is 11.5 Å². The van der Waals surface area contributed by atoms with Crippen LogP contribution >= 0.6 is 0 Å². The molecule has 2 amide bonds. The molecule has 41 heavy (non-hydrogen) atoms. The lowest BCUT2D eigenvalue weighted by atomic mass is 10.0. The Morgan fingerprint density at radius 2 is 1.71 bits per heavy atom. The first kappa shape index (κ1) is 27.5. The zero-order valence-electron chi connectivity index (χ0n) is 22.6. The maximum absolute atomic E-state index is 14.8. The molecule has 2 aromatic carbocycles. The molecule has 0 spiro atoms. The van der Waals surface area contributed by atoms with E-state index >= 15 is 0 Å². The fourth-order valence-corrected chi connectivity index (χ4v) is 4.02. The van der Waals surface area contributed by atoms with Gasteiger partial charge in [0.2, 0.25) is 5.91 Å². The fraction of sp³-hybridized carbons (Fsp3) is 0.156. The van der Waals surface area contributed by atoms with Crippen molar-refractivity contribution in [2.45, 2.75) is 26.7 Å². The number of halogens is 2. The number of nitrogens with one attached hydrogen (secondary N) is 2. The Labute approximate surface area is 235 Å². The monoisotopic (exact) mass is 554 g/mol. The van der Waals surface area contributed by atoms with Crippen LogP contribution in [0.1, 0.15) is 32.3 Å². The average Bonchev–Trinajstić information content (AvgIpc) is 3.73. The SMILES string of the molecule is C=C(/C=C\C(C)=C(/C)c1ccc(F)cc1)C(=O)Nc1ccc(Oc2ccc3nc(NC(=O)C4CC4)cn3c2)cc1F. The Bertz CT molecular complexity index is 1720. The van der Waals surface area contributed by atoms with E-state index in [0.717, 1.165) is 29.6 Å². The van der Waals surface area contributed by atoms with Crippen LogP contribution in [0.3, 0.4) is 0 Å². The maximum Gasteiger partial charge on any atom is 0.255 e.